The average molecular weight is 387 g/mol. The Morgan fingerprint density at radius 1 is 1.11 bits per heavy atom. The summed E-state index contributed by atoms with van der Waals surface area (Å²) in [5.74, 6) is -0.773. The highest BCUT2D eigenvalue weighted by atomic mass is 16.5. The minimum absolute atomic E-state index is 0.0262. The number of imide groups is 1. The molecule has 0 radical (unpaired) electrons. The van der Waals surface area contributed by atoms with Gasteiger partial charge in [0, 0.05) is 25.6 Å². The molecule has 3 rings (SSSR count). The summed E-state index contributed by atoms with van der Waals surface area (Å²) in [6.07, 6.45) is 3.50. The van der Waals surface area contributed by atoms with Gasteiger partial charge in [-0.15, -0.1) is 0 Å². The molecule has 1 aliphatic heterocycles. The van der Waals surface area contributed by atoms with Crippen LogP contribution in [0.4, 0.5) is 11.4 Å². The lowest BCUT2D eigenvalue weighted by atomic mass is 9.81. The predicted octanol–water partition coefficient (Wildman–Crippen LogP) is 2.16. The number of amides is 4. The van der Waals surface area contributed by atoms with Crippen LogP contribution in [-0.2, 0) is 19.2 Å². The summed E-state index contributed by atoms with van der Waals surface area (Å²) < 4.78 is 5.18. The summed E-state index contributed by atoms with van der Waals surface area (Å²) >= 11 is 0. The maximum Gasteiger partial charge on any atom is 0.233 e. The predicted molar refractivity (Wildman–Crippen MR) is 103 cm³/mol. The van der Waals surface area contributed by atoms with Crippen molar-refractivity contribution < 1.29 is 23.9 Å². The minimum Gasteiger partial charge on any atom is -0.495 e. The molecule has 4 amide bonds. The normalized spacial score (nSPS) is 21.3. The van der Waals surface area contributed by atoms with Gasteiger partial charge in [0.2, 0.25) is 23.6 Å². The first-order valence-electron chi connectivity index (χ1n) is 9.51. The Kier molecular flexibility index (Phi) is 5.96. The number of likely N-dealkylation sites (tertiary alicyclic amines) is 1. The van der Waals surface area contributed by atoms with Crippen molar-refractivity contribution in [3.8, 4) is 5.75 Å². The van der Waals surface area contributed by atoms with Gasteiger partial charge in [-0.05, 0) is 31.0 Å². The summed E-state index contributed by atoms with van der Waals surface area (Å²) in [6, 6.07) is 4.89. The van der Waals surface area contributed by atoms with Crippen LogP contribution in [0.25, 0.3) is 0 Å². The number of methoxy groups -OCH3 is 1. The lowest BCUT2D eigenvalue weighted by molar-refractivity contribution is -0.140. The van der Waals surface area contributed by atoms with Crippen molar-refractivity contribution in [2.24, 2.45) is 11.8 Å². The zero-order chi connectivity index (χ0) is 20.3. The summed E-state index contributed by atoms with van der Waals surface area (Å²) in [4.78, 5) is 49.8. The lowest BCUT2D eigenvalue weighted by Crippen LogP contribution is -2.34. The molecule has 1 saturated heterocycles. The van der Waals surface area contributed by atoms with E-state index in [4.69, 9.17) is 4.74 Å². The molecule has 1 heterocycles. The summed E-state index contributed by atoms with van der Waals surface area (Å²) in [5.41, 5.74) is 0.934. The number of carbonyl (C=O) groups is 4. The number of nitrogens with zero attached hydrogens (tertiary/aromatic N) is 1. The fraction of sp³-hybridized carbons (Fsp3) is 0.500. The maximum atomic E-state index is 12.5. The first-order chi connectivity index (χ1) is 13.4. The number of hydrogen-bond acceptors (Lipinski definition) is 5. The highest BCUT2D eigenvalue weighted by Crippen LogP contribution is 2.38. The summed E-state index contributed by atoms with van der Waals surface area (Å²) in [7, 11) is 1.49. The van der Waals surface area contributed by atoms with E-state index in [2.05, 4.69) is 10.6 Å². The molecule has 2 fully saturated rings. The van der Waals surface area contributed by atoms with E-state index in [0.717, 1.165) is 25.7 Å². The Morgan fingerprint density at radius 3 is 2.32 bits per heavy atom. The van der Waals surface area contributed by atoms with Crippen molar-refractivity contribution in [3.05, 3.63) is 18.2 Å². The van der Waals surface area contributed by atoms with Gasteiger partial charge in [0.15, 0.2) is 0 Å². The van der Waals surface area contributed by atoms with E-state index in [-0.39, 0.29) is 48.4 Å². The average Bonchev–Trinajstić information content (AvgIpc) is 2.91. The van der Waals surface area contributed by atoms with E-state index in [9.17, 15) is 19.2 Å². The van der Waals surface area contributed by atoms with E-state index in [1.165, 1.54) is 18.9 Å². The van der Waals surface area contributed by atoms with Gasteiger partial charge in [0.05, 0.1) is 24.6 Å². The molecule has 8 heteroatoms. The van der Waals surface area contributed by atoms with Crippen molar-refractivity contribution in [3.63, 3.8) is 0 Å². The zero-order valence-electron chi connectivity index (χ0n) is 16.1. The Labute approximate surface area is 163 Å². The van der Waals surface area contributed by atoms with Gasteiger partial charge in [0.1, 0.15) is 5.75 Å². The van der Waals surface area contributed by atoms with Crippen molar-refractivity contribution in [1.82, 2.24) is 4.90 Å². The zero-order valence-corrected chi connectivity index (χ0v) is 16.1. The Morgan fingerprint density at radius 2 is 1.75 bits per heavy atom. The quantitative estimate of drug-likeness (QED) is 0.728. The monoisotopic (exact) mass is 387 g/mol. The summed E-state index contributed by atoms with van der Waals surface area (Å²) in [5, 5.41) is 5.37. The van der Waals surface area contributed by atoms with Crippen LogP contribution in [0.2, 0.25) is 0 Å². The van der Waals surface area contributed by atoms with Crippen LogP contribution in [0.3, 0.4) is 0 Å². The molecule has 1 aromatic rings. The number of anilines is 2. The second-order valence-electron chi connectivity index (χ2n) is 7.22. The summed E-state index contributed by atoms with van der Waals surface area (Å²) in [6.45, 7) is 1.47. The molecule has 1 aliphatic carbocycles. The Balaban J connectivity index is 1.59. The number of nitrogens with one attached hydrogen (secondary N) is 2. The van der Waals surface area contributed by atoms with Gasteiger partial charge in [-0.2, -0.15) is 0 Å². The molecule has 2 N–H and O–H groups in total. The molecule has 1 aromatic carbocycles. The van der Waals surface area contributed by atoms with Crippen LogP contribution >= 0.6 is 0 Å². The minimum atomic E-state index is -0.311. The van der Waals surface area contributed by atoms with Crippen LogP contribution in [0, 0.1) is 11.8 Å². The van der Waals surface area contributed by atoms with E-state index >= 15 is 0 Å². The molecule has 28 heavy (non-hydrogen) atoms. The molecular weight excluding hydrogens is 362 g/mol. The molecule has 1 saturated carbocycles. The third-order valence-electron chi connectivity index (χ3n) is 5.29. The molecular formula is C20H25N3O5. The van der Waals surface area contributed by atoms with Gasteiger partial charge in [-0.1, -0.05) is 12.8 Å². The van der Waals surface area contributed by atoms with Crippen molar-refractivity contribution >= 4 is 35.0 Å². The molecule has 2 atom stereocenters. The van der Waals surface area contributed by atoms with E-state index in [1.54, 1.807) is 18.2 Å². The SMILES string of the molecule is COc1ccc(NC(=O)CCN2C(=O)C3CCCCC3C2=O)cc1NC(C)=O. The van der Waals surface area contributed by atoms with Crippen molar-refractivity contribution in [2.75, 3.05) is 24.3 Å². The van der Waals surface area contributed by atoms with Gasteiger partial charge in [-0.3, -0.25) is 24.1 Å². The topological polar surface area (TPSA) is 105 Å². The molecule has 8 nitrogen and oxygen atoms in total. The molecule has 2 aliphatic rings. The third-order valence-corrected chi connectivity index (χ3v) is 5.29. The van der Waals surface area contributed by atoms with Crippen molar-refractivity contribution in [1.29, 1.82) is 0 Å². The van der Waals surface area contributed by atoms with E-state index in [1.807, 2.05) is 0 Å². The van der Waals surface area contributed by atoms with Crippen LogP contribution in [0.15, 0.2) is 18.2 Å². The van der Waals surface area contributed by atoms with Gasteiger partial charge in [0.25, 0.3) is 0 Å². The first kappa shape index (κ1) is 19.9. The molecule has 2 unspecified atom stereocenters. The van der Waals surface area contributed by atoms with Crippen LogP contribution in [-0.4, -0.2) is 42.2 Å². The van der Waals surface area contributed by atoms with Gasteiger partial charge >= 0.3 is 0 Å². The van der Waals surface area contributed by atoms with E-state index < -0.39 is 0 Å². The highest BCUT2D eigenvalue weighted by molar-refractivity contribution is 6.05. The third kappa shape index (κ3) is 4.16. The maximum absolute atomic E-state index is 12.5. The smallest absolute Gasteiger partial charge is 0.233 e. The van der Waals surface area contributed by atoms with Crippen LogP contribution in [0.5, 0.6) is 5.75 Å². The first-order valence-corrected chi connectivity index (χ1v) is 9.51. The number of ether oxygens (including phenoxy) is 1. The highest BCUT2D eigenvalue weighted by Gasteiger charge is 2.47. The Bertz CT molecular complexity index is 783. The number of fused-ring (bicyclic) bond motifs is 1. The molecule has 150 valence electrons. The number of benzene rings is 1. The lowest BCUT2D eigenvalue weighted by Gasteiger charge is -2.19. The Hall–Kier alpha value is -2.90. The molecule has 0 bridgehead atoms. The fourth-order valence-corrected chi connectivity index (χ4v) is 3.96. The largest absolute Gasteiger partial charge is 0.495 e. The van der Waals surface area contributed by atoms with Crippen LogP contribution in [0.1, 0.15) is 39.0 Å². The number of rotatable bonds is 6. The van der Waals surface area contributed by atoms with Crippen molar-refractivity contribution in [2.45, 2.75) is 39.0 Å². The standard InChI is InChI=1S/C20H25N3O5/c1-12(24)21-16-11-13(7-8-17(16)28-2)22-18(25)9-10-23-19(26)14-5-3-4-6-15(14)20(23)27/h7-8,11,14-15H,3-6,9-10H2,1-2H3,(H,21,24)(H,22,25). The number of hydrogen-bond donors (Lipinski definition) is 2. The number of carbonyl (C=O) groups excluding carboxylic acids is 4. The van der Waals surface area contributed by atoms with E-state index in [0.29, 0.717) is 17.1 Å². The molecule has 0 aromatic heterocycles. The second-order valence-corrected chi connectivity index (χ2v) is 7.22. The van der Waals surface area contributed by atoms with Gasteiger partial charge in [-0.25, -0.2) is 0 Å². The van der Waals surface area contributed by atoms with Gasteiger partial charge < -0.3 is 15.4 Å². The second kappa shape index (κ2) is 8.41. The fourth-order valence-electron chi connectivity index (χ4n) is 3.96. The molecule has 0 spiro atoms. The van der Waals surface area contributed by atoms with Crippen LogP contribution < -0.4 is 15.4 Å².